The molecular weight excluding hydrogens is 530 g/mol. The van der Waals surface area contributed by atoms with Gasteiger partial charge in [0.2, 0.25) is 5.28 Å². The Morgan fingerprint density at radius 2 is 1.84 bits per heavy atom. The van der Waals surface area contributed by atoms with Crippen molar-refractivity contribution in [2.24, 2.45) is 0 Å². The summed E-state index contributed by atoms with van der Waals surface area (Å²) in [6, 6.07) is 0. The number of aliphatic hydroxyl groups is 1. The molecular formula is C10H14ClFN5O12P3. The van der Waals surface area contributed by atoms with Crippen LogP contribution in [0, 0.1) is 0 Å². The number of nitrogens with two attached hydrogens (primary N) is 1. The second kappa shape index (κ2) is 8.92. The summed E-state index contributed by atoms with van der Waals surface area (Å²) in [6.45, 7) is -1.06. The molecule has 0 amide bonds. The monoisotopic (exact) mass is 543 g/mol. The number of alkyl halides is 1. The highest BCUT2D eigenvalue weighted by Gasteiger charge is 2.48. The summed E-state index contributed by atoms with van der Waals surface area (Å²) in [5.41, 5.74) is 5.66. The zero-order valence-corrected chi connectivity index (χ0v) is 18.6. The first-order valence-corrected chi connectivity index (χ1v) is 12.9. The smallest absolute Gasteiger partial charge is 0.387 e. The summed E-state index contributed by atoms with van der Waals surface area (Å²) in [7, 11) is -16.8. The average molecular weight is 544 g/mol. The Morgan fingerprint density at radius 3 is 2.47 bits per heavy atom. The fourth-order valence-corrected chi connectivity index (χ4v) is 5.83. The van der Waals surface area contributed by atoms with Crippen LogP contribution >= 0.6 is 35.1 Å². The molecule has 0 spiro atoms. The molecule has 180 valence electrons. The summed E-state index contributed by atoms with van der Waals surface area (Å²) >= 11 is 5.72. The number of aliphatic hydroxyl groups excluding tert-OH is 1. The molecule has 0 aromatic carbocycles. The predicted octanol–water partition coefficient (Wildman–Crippen LogP) is 0.00160. The topological polar surface area (TPSA) is 259 Å². The fourth-order valence-electron chi connectivity index (χ4n) is 2.63. The van der Waals surface area contributed by atoms with Crippen LogP contribution in [-0.2, 0) is 31.6 Å². The second-order valence-corrected chi connectivity index (χ2v) is 10.8. The van der Waals surface area contributed by atoms with E-state index in [-0.39, 0.29) is 22.3 Å². The van der Waals surface area contributed by atoms with Gasteiger partial charge in [0.25, 0.3) is 0 Å². The first kappa shape index (κ1) is 25.5. The van der Waals surface area contributed by atoms with Gasteiger partial charge in [0.15, 0.2) is 23.9 Å². The van der Waals surface area contributed by atoms with Crippen molar-refractivity contribution in [3.63, 3.8) is 0 Å². The molecule has 6 atom stereocenters. The maximum absolute atomic E-state index is 14.7. The Morgan fingerprint density at radius 1 is 1.19 bits per heavy atom. The first-order chi connectivity index (χ1) is 14.6. The van der Waals surface area contributed by atoms with Crippen molar-refractivity contribution in [2.75, 3.05) is 12.3 Å². The van der Waals surface area contributed by atoms with Gasteiger partial charge >= 0.3 is 23.5 Å². The normalized spacial score (nSPS) is 28.0. The van der Waals surface area contributed by atoms with Crippen LogP contribution < -0.4 is 5.73 Å². The molecule has 32 heavy (non-hydrogen) atoms. The molecule has 0 radical (unpaired) electrons. The molecule has 1 aliphatic heterocycles. The highest BCUT2D eigenvalue weighted by atomic mass is 35.5. The van der Waals surface area contributed by atoms with Crippen LogP contribution in [-0.4, -0.2) is 69.2 Å². The number of nitrogens with zero attached hydrogens (tertiary/aromatic N) is 4. The van der Waals surface area contributed by atoms with Crippen LogP contribution in [0.5, 0.6) is 0 Å². The van der Waals surface area contributed by atoms with Gasteiger partial charge < -0.3 is 35.2 Å². The van der Waals surface area contributed by atoms with E-state index in [0.29, 0.717) is 0 Å². The molecule has 2 aromatic rings. The number of hydrogen-bond donors (Lipinski definition) is 6. The minimum absolute atomic E-state index is 0.0455. The average Bonchev–Trinajstić information content (AvgIpc) is 3.12. The third-order valence-corrected chi connectivity index (χ3v) is 7.78. The molecule has 1 saturated heterocycles. The summed E-state index contributed by atoms with van der Waals surface area (Å²) in [5.74, 6) is -0.114. The number of hydrogen-bond acceptors (Lipinski definition) is 12. The van der Waals surface area contributed by atoms with Gasteiger partial charge in [-0.25, -0.2) is 23.1 Å². The third-order valence-electron chi connectivity index (χ3n) is 3.81. The van der Waals surface area contributed by atoms with E-state index in [1.807, 2.05) is 0 Å². The molecule has 3 rings (SSSR count). The van der Waals surface area contributed by atoms with Crippen LogP contribution in [0.1, 0.15) is 6.23 Å². The van der Waals surface area contributed by atoms with Crippen molar-refractivity contribution < 1.29 is 60.6 Å². The number of rotatable bonds is 8. The minimum Gasteiger partial charge on any atom is -0.387 e. The third kappa shape index (κ3) is 5.87. The molecule has 22 heteroatoms. The number of anilines is 1. The van der Waals surface area contributed by atoms with Gasteiger partial charge in [0.1, 0.15) is 17.7 Å². The van der Waals surface area contributed by atoms with E-state index in [0.717, 1.165) is 10.9 Å². The van der Waals surface area contributed by atoms with E-state index in [2.05, 4.69) is 28.1 Å². The Hall–Kier alpha value is -1.10. The minimum atomic E-state index is -5.74. The van der Waals surface area contributed by atoms with Gasteiger partial charge in [0.05, 0.1) is 12.9 Å². The van der Waals surface area contributed by atoms with E-state index in [9.17, 15) is 28.1 Å². The van der Waals surface area contributed by atoms with Crippen LogP contribution in [0.3, 0.4) is 0 Å². The Labute approximate surface area is 181 Å². The Bertz CT molecular complexity index is 1160. The standard InChI is InChI=1S/C10H14ClFN5O12P3/c11-10-15-7(13)5-8(16-10)17(2-14-5)9-4(12)6(18)3(27-9)1-26-31(22,23)29-32(24,25)28-30(19,20)21/h2-4,6,9,18H,1H2,(H,22,23)(H,24,25)(H2,13,15,16)(H2,19,20,21)/t3-,4+,6-,9-/m1/s1. The molecule has 0 saturated carbocycles. The lowest BCUT2D eigenvalue weighted by atomic mass is 10.1. The molecule has 2 unspecified atom stereocenters. The number of aromatic nitrogens is 4. The summed E-state index contributed by atoms with van der Waals surface area (Å²) in [4.78, 5) is 47.0. The lowest BCUT2D eigenvalue weighted by Gasteiger charge is -2.19. The summed E-state index contributed by atoms with van der Waals surface area (Å²) < 4.78 is 66.1. The highest BCUT2D eigenvalue weighted by molar-refractivity contribution is 7.66. The molecule has 1 aliphatic rings. The molecule has 17 nitrogen and oxygen atoms in total. The highest BCUT2D eigenvalue weighted by Crippen LogP contribution is 2.66. The second-order valence-electron chi connectivity index (χ2n) is 6.09. The predicted molar refractivity (Wildman–Crippen MR) is 99.4 cm³/mol. The van der Waals surface area contributed by atoms with Crippen LogP contribution in [0.4, 0.5) is 10.2 Å². The van der Waals surface area contributed by atoms with Gasteiger partial charge in [-0.05, 0) is 11.6 Å². The molecule has 1 fully saturated rings. The van der Waals surface area contributed by atoms with Crippen molar-refractivity contribution in [1.29, 1.82) is 0 Å². The van der Waals surface area contributed by atoms with E-state index in [4.69, 9.17) is 36.8 Å². The first-order valence-electron chi connectivity index (χ1n) is 8.00. The van der Waals surface area contributed by atoms with Crippen molar-refractivity contribution in [3.05, 3.63) is 11.6 Å². The lowest BCUT2D eigenvalue weighted by Crippen LogP contribution is -2.31. The van der Waals surface area contributed by atoms with Gasteiger partial charge in [-0.2, -0.15) is 18.6 Å². The number of fused-ring (bicyclic) bond motifs is 1. The van der Waals surface area contributed by atoms with Gasteiger partial charge in [-0.15, -0.1) is 0 Å². The van der Waals surface area contributed by atoms with Gasteiger partial charge in [-0.1, -0.05) is 0 Å². The van der Waals surface area contributed by atoms with E-state index >= 15 is 0 Å². The quantitative estimate of drug-likeness (QED) is 0.189. The lowest BCUT2D eigenvalue weighted by molar-refractivity contribution is -0.0450. The van der Waals surface area contributed by atoms with E-state index < -0.39 is 54.7 Å². The number of imidazole rings is 1. The molecule has 0 aliphatic carbocycles. The van der Waals surface area contributed by atoms with Crippen molar-refractivity contribution in [1.82, 2.24) is 19.5 Å². The summed E-state index contributed by atoms with van der Waals surface area (Å²) in [5, 5.41) is 9.77. The number of halogens is 2. The molecule has 0 bridgehead atoms. The maximum Gasteiger partial charge on any atom is 0.490 e. The van der Waals surface area contributed by atoms with Crippen LogP contribution in [0.15, 0.2) is 6.33 Å². The fraction of sp³-hybridized carbons (Fsp3) is 0.500. The SMILES string of the molecule is Nc1nc(Cl)nc2c1ncn2[C@@H]1O[C@H](COP(=O)(O)OP(=O)(O)OP(=O)(O)O)[C@@H](O)[C@@H]1F. The number of ether oxygens (including phenoxy) is 1. The van der Waals surface area contributed by atoms with Crippen LogP contribution in [0.25, 0.3) is 11.2 Å². The van der Waals surface area contributed by atoms with Gasteiger partial charge in [-0.3, -0.25) is 9.09 Å². The van der Waals surface area contributed by atoms with Crippen molar-refractivity contribution >= 4 is 52.1 Å². The maximum atomic E-state index is 14.7. The number of phosphoric acid groups is 3. The zero-order valence-electron chi connectivity index (χ0n) is 15.2. The largest absolute Gasteiger partial charge is 0.490 e. The van der Waals surface area contributed by atoms with Crippen LogP contribution in [0.2, 0.25) is 5.28 Å². The van der Waals surface area contributed by atoms with Gasteiger partial charge in [0, 0.05) is 0 Å². The molecule has 3 heterocycles. The van der Waals surface area contributed by atoms with E-state index in [1.165, 1.54) is 0 Å². The summed E-state index contributed by atoms with van der Waals surface area (Å²) in [6.07, 6.45) is -6.20. The zero-order chi connectivity index (χ0) is 24.1. The number of phosphoric ester groups is 1. The molecule has 7 N–H and O–H groups in total. The Kier molecular flexibility index (Phi) is 7.12. The molecule has 2 aromatic heterocycles. The Balaban J connectivity index is 1.72. The van der Waals surface area contributed by atoms with Crippen molar-refractivity contribution in [2.45, 2.75) is 24.6 Å². The number of nitrogen functional groups attached to an aromatic ring is 1. The van der Waals surface area contributed by atoms with E-state index in [1.54, 1.807) is 0 Å². The van der Waals surface area contributed by atoms with Crippen molar-refractivity contribution in [3.8, 4) is 0 Å².